The molecule has 0 saturated heterocycles. The first-order valence-corrected chi connectivity index (χ1v) is 15.7. The van der Waals surface area contributed by atoms with Gasteiger partial charge in [-0.3, -0.25) is 5.14 Å². The van der Waals surface area contributed by atoms with Gasteiger partial charge in [0.15, 0.2) is 0 Å². The number of aryl methyl sites for hydroxylation is 1. The van der Waals surface area contributed by atoms with Crippen molar-refractivity contribution in [2.75, 3.05) is 24.6 Å². The number of nitrogens with zero attached hydrogens (tertiary/aromatic N) is 1. The Morgan fingerprint density at radius 2 is 2.03 bits per heavy atom. The van der Waals surface area contributed by atoms with E-state index in [0.717, 1.165) is 42.4 Å². The Morgan fingerprint density at radius 3 is 2.72 bits per heavy atom. The van der Waals surface area contributed by atoms with E-state index in [9.17, 15) is 9.90 Å². The molecule has 3 N–H and O–H groups in total. The number of carboxylic acid groups (broad SMARTS) is 1. The molecule has 39 heavy (non-hydrogen) atoms. The van der Waals surface area contributed by atoms with Crippen LogP contribution in [0.5, 0.6) is 5.75 Å². The largest absolute Gasteiger partial charge is 0.491 e. The lowest BCUT2D eigenvalue weighted by molar-refractivity contribution is 0.0697. The molecule has 7 heteroatoms. The zero-order valence-electron chi connectivity index (χ0n) is 23.1. The summed E-state index contributed by atoms with van der Waals surface area (Å²) in [4.78, 5) is 14.3. The molecule has 0 spiro atoms. The van der Waals surface area contributed by atoms with Crippen LogP contribution in [0.3, 0.4) is 0 Å². The maximum absolute atomic E-state index is 11.8. The van der Waals surface area contributed by atoms with Gasteiger partial charge in [0, 0.05) is 29.3 Å². The van der Waals surface area contributed by atoms with Gasteiger partial charge in [-0.1, -0.05) is 61.5 Å². The van der Waals surface area contributed by atoms with Crippen LogP contribution in [0.1, 0.15) is 79.8 Å². The summed E-state index contributed by atoms with van der Waals surface area (Å²) in [5.41, 5.74) is 5.40. The lowest BCUT2D eigenvalue weighted by Crippen LogP contribution is -2.40. The fourth-order valence-electron chi connectivity index (χ4n) is 6.63. The molecule has 2 aliphatic carbocycles. The Kier molecular flexibility index (Phi) is 9.15. The Labute approximate surface area is 242 Å². The van der Waals surface area contributed by atoms with Gasteiger partial charge in [0.2, 0.25) is 0 Å². The van der Waals surface area contributed by atoms with Crippen LogP contribution < -0.4 is 14.8 Å². The minimum atomic E-state index is -0.906. The zero-order valence-corrected chi connectivity index (χ0v) is 24.6. The Bertz CT molecular complexity index is 1220. The maximum atomic E-state index is 11.8. The molecule has 1 fully saturated rings. The predicted molar refractivity (Wildman–Crippen MR) is 162 cm³/mol. The van der Waals surface area contributed by atoms with Crippen molar-refractivity contribution in [1.29, 1.82) is 0 Å². The number of ether oxygens (including phenoxy) is 1. The van der Waals surface area contributed by atoms with Crippen LogP contribution in [0.4, 0.5) is 5.69 Å². The summed E-state index contributed by atoms with van der Waals surface area (Å²) in [5, 5.41) is 16.7. The first-order chi connectivity index (χ1) is 18.8. The Hall–Kier alpha value is -2.15. The van der Waals surface area contributed by atoms with E-state index in [1.165, 1.54) is 55.2 Å². The first-order valence-electron chi connectivity index (χ1n) is 14.4. The highest BCUT2D eigenvalue weighted by Gasteiger charge is 2.36. The lowest BCUT2D eigenvalue weighted by Gasteiger charge is -2.43. The normalized spacial score (nSPS) is 24.9. The van der Waals surface area contributed by atoms with Crippen LogP contribution in [0, 0.1) is 17.8 Å². The SMILES string of the molecule is CCCc1cc(Cl)ccc1C1COc2ccc(C(=O)O)cc2N(CC2CCC2CC2=CC(CC(C)SN)C2)C1. The zero-order chi connectivity index (χ0) is 27.5. The number of aromatic carboxylic acids is 1. The number of hydrogen-bond acceptors (Lipinski definition) is 5. The van der Waals surface area contributed by atoms with Crippen molar-refractivity contribution in [1.82, 2.24) is 0 Å². The minimum Gasteiger partial charge on any atom is -0.491 e. The van der Waals surface area contributed by atoms with Crippen LogP contribution in [0.25, 0.3) is 0 Å². The highest BCUT2D eigenvalue weighted by molar-refractivity contribution is 7.97. The Balaban J connectivity index is 1.35. The highest BCUT2D eigenvalue weighted by atomic mass is 35.5. The van der Waals surface area contributed by atoms with E-state index in [0.29, 0.717) is 35.2 Å². The topological polar surface area (TPSA) is 75.8 Å². The molecular weight excluding hydrogens is 528 g/mol. The molecule has 2 aromatic carbocycles. The number of carbonyl (C=O) groups is 1. The lowest BCUT2D eigenvalue weighted by atomic mass is 9.67. The third-order valence-corrected chi connectivity index (χ3v) is 9.80. The van der Waals surface area contributed by atoms with Crippen LogP contribution in [-0.4, -0.2) is 36.0 Å². The van der Waals surface area contributed by atoms with Crippen LogP contribution in [0.2, 0.25) is 5.02 Å². The molecule has 3 aliphatic rings. The summed E-state index contributed by atoms with van der Waals surface area (Å²) in [5.74, 6) is 2.03. The quantitative estimate of drug-likeness (QED) is 0.213. The van der Waals surface area contributed by atoms with Gasteiger partial charge in [-0.05, 0) is 97.7 Å². The second-order valence-electron chi connectivity index (χ2n) is 11.8. The molecule has 5 atom stereocenters. The molecule has 0 bridgehead atoms. The van der Waals surface area contributed by atoms with Crippen molar-refractivity contribution in [2.45, 2.75) is 70.0 Å². The van der Waals surface area contributed by atoms with Gasteiger partial charge < -0.3 is 14.7 Å². The number of halogens is 1. The van der Waals surface area contributed by atoms with Gasteiger partial charge in [-0.2, -0.15) is 0 Å². The summed E-state index contributed by atoms with van der Waals surface area (Å²) >= 11 is 7.84. The summed E-state index contributed by atoms with van der Waals surface area (Å²) in [6.07, 6.45) is 10.6. The van der Waals surface area contributed by atoms with Crippen molar-refractivity contribution >= 4 is 35.2 Å². The second-order valence-corrected chi connectivity index (χ2v) is 13.3. The molecule has 1 saturated carbocycles. The molecule has 1 aliphatic heterocycles. The fraction of sp³-hybridized carbons (Fsp3) is 0.531. The number of anilines is 1. The van der Waals surface area contributed by atoms with Gasteiger partial charge in [-0.15, -0.1) is 0 Å². The molecule has 5 rings (SSSR count). The molecule has 0 aromatic heterocycles. The average Bonchev–Trinajstić information content (AvgIpc) is 3.07. The van der Waals surface area contributed by atoms with E-state index < -0.39 is 5.97 Å². The summed E-state index contributed by atoms with van der Waals surface area (Å²) < 4.78 is 6.36. The smallest absolute Gasteiger partial charge is 0.335 e. The third kappa shape index (κ3) is 6.61. The first kappa shape index (κ1) is 28.4. The van der Waals surface area contributed by atoms with E-state index >= 15 is 0 Å². The number of nitrogens with two attached hydrogens (primary N) is 1. The summed E-state index contributed by atoms with van der Waals surface area (Å²) in [7, 11) is 0. The fourth-order valence-corrected chi connectivity index (χ4v) is 7.19. The van der Waals surface area contributed by atoms with Gasteiger partial charge in [0.25, 0.3) is 0 Å². The van der Waals surface area contributed by atoms with Crippen molar-refractivity contribution in [2.24, 2.45) is 22.9 Å². The molecule has 2 aromatic rings. The molecular formula is C32H41ClN2O3S. The van der Waals surface area contributed by atoms with Crippen molar-refractivity contribution < 1.29 is 14.6 Å². The minimum absolute atomic E-state index is 0.181. The highest BCUT2D eigenvalue weighted by Crippen LogP contribution is 2.45. The van der Waals surface area contributed by atoms with Gasteiger partial charge in [0.05, 0.1) is 17.9 Å². The molecule has 5 unspecified atom stereocenters. The number of rotatable bonds is 11. The number of carboxylic acids is 1. The van der Waals surface area contributed by atoms with Gasteiger partial charge in [-0.25, -0.2) is 4.79 Å². The second kappa shape index (κ2) is 12.6. The number of benzene rings is 2. The van der Waals surface area contributed by atoms with E-state index in [-0.39, 0.29) is 5.92 Å². The van der Waals surface area contributed by atoms with Crippen molar-refractivity contribution in [3.05, 3.63) is 69.8 Å². The monoisotopic (exact) mass is 568 g/mol. The summed E-state index contributed by atoms with van der Waals surface area (Å²) in [6.45, 7) is 6.69. The van der Waals surface area contributed by atoms with Crippen molar-refractivity contribution in [3.8, 4) is 5.75 Å². The molecule has 0 radical (unpaired) electrons. The number of hydrogen-bond donors (Lipinski definition) is 2. The summed E-state index contributed by atoms with van der Waals surface area (Å²) in [6, 6.07) is 11.5. The van der Waals surface area contributed by atoms with Gasteiger partial charge in [0.1, 0.15) is 5.75 Å². The molecule has 0 amide bonds. The third-order valence-electron chi connectivity index (χ3n) is 8.91. The predicted octanol–water partition coefficient (Wildman–Crippen LogP) is 7.72. The molecule has 210 valence electrons. The standard InChI is InChI=1S/C32H41ClN2O3S/c1-3-4-24-15-28(33)8-9-29(24)27-18-35(30-16-25(32(36)37)7-10-31(30)38-19-27)17-26-6-5-23(26)14-22-12-21(13-22)11-20(2)39-34/h7-10,12,15-16,20-21,23,26-27H,3-6,11,13-14,17-19,34H2,1-2H3,(H,36,37). The average molecular weight is 569 g/mol. The number of allylic oxidation sites excluding steroid dienone is 2. The van der Waals surface area contributed by atoms with E-state index in [2.05, 4.69) is 37.0 Å². The molecule has 5 nitrogen and oxygen atoms in total. The van der Waals surface area contributed by atoms with Crippen LogP contribution >= 0.6 is 23.5 Å². The van der Waals surface area contributed by atoms with Gasteiger partial charge >= 0.3 is 5.97 Å². The Morgan fingerprint density at radius 1 is 1.23 bits per heavy atom. The van der Waals surface area contributed by atoms with E-state index in [1.54, 1.807) is 17.7 Å². The van der Waals surface area contributed by atoms with Crippen molar-refractivity contribution in [3.63, 3.8) is 0 Å². The van der Waals surface area contributed by atoms with E-state index in [4.69, 9.17) is 21.5 Å². The molecule has 1 heterocycles. The van der Waals surface area contributed by atoms with Crippen LogP contribution in [-0.2, 0) is 6.42 Å². The maximum Gasteiger partial charge on any atom is 0.335 e. The van der Waals surface area contributed by atoms with E-state index in [1.807, 2.05) is 12.1 Å². The number of fused-ring (bicyclic) bond motifs is 1. The van der Waals surface area contributed by atoms with Crippen LogP contribution in [0.15, 0.2) is 48.0 Å².